The zero-order chi connectivity index (χ0) is 19.5. The molecule has 1 aliphatic rings. The van der Waals surface area contributed by atoms with Crippen LogP contribution < -0.4 is 5.56 Å². The Morgan fingerprint density at radius 1 is 1.21 bits per heavy atom. The van der Waals surface area contributed by atoms with Crippen molar-refractivity contribution in [3.8, 4) is 5.82 Å². The number of hydrogen-bond acceptors (Lipinski definition) is 5. The lowest BCUT2D eigenvalue weighted by Gasteiger charge is -2.19. The first-order chi connectivity index (χ1) is 13.5. The Labute approximate surface area is 161 Å². The minimum atomic E-state index is -0.432. The lowest BCUT2D eigenvalue weighted by molar-refractivity contribution is 0.0131. The third-order valence-electron chi connectivity index (χ3n) is 5.56. The summed E-state index contributed by atoms with van der Waals surface area (Å²) in [5, 5.41) is 8.57. The largest absolute Gasteiger partial charge is 0.369 e. The first kappa shape index (κ1) is 17.1. The lowest BCUT2D eigenvalue weighted by atomic mass is 10.00. The Balaban J connectivity index is 1.76. The van der Waals surface area contributed by atoms with Gasteiger partial charge in [-0.25, -0.2) is 4.98 Å². The third kappa shape index (κ3) is 2.34. The maximum absolute atomic E-state index is 13.4. The van der Waals surface area contributed by atoms with Gasteiger partial charge >= 0.3 is 0 Å². The molecule has 1 atom stereocenters. The van der Waals surface area contributed by atoms with Gasteiger partial charge in [0.25, 0.3) is 5.56 Å². The number of benzene rings is 1. The SMILES string of the molecule is CC(C)n1c(=O)c2c(-n3cc(C4(C)CCCO4)nn3)ncn2c2ccccc21. The van der Waals surface area contributed by atoms with Crippen molar-refractivity contribution in [1.29, 1.82) is 0 Å². The second-order valence-electron chi connectivity index (χ2n) is 7.78. The van der Waals surface area contributed by atoms with Crippen LogP contribution in [0.25, 0.3) is 22.4 Å². The monoisotopic (exact) mass is 378 g/mol. The van der Waals surface area contributed by atoms with Gasteiger partial charge in [-0.15, -0.1) is 5.10 Å². The summed E-state index contributed by atoms with van der Waals surface area (Å²) in [6.45, 7) is 6.76. The summed E-state index contributed by atoms with van der Waals surface area (Å²) in [5.41, 5.74) is 2.53. The number of para-hydroxylation sites is 2. The normalized spacial score (nSPS) is 20.0. The van der Waals surface area contributed by atoms with Crippen molar-refractivity contribution in [3.05, 3.63) is 52.8 Å². The second kappa shape index (κ2) is 6.00. The van der Waals surface area contributed by atoms with Crippen LogP contribution in [0.3, 0.4) is 0 Å². The summed E-state index contributed by atoms with van der Waals surface area (Å²) in [6, 6.07) is 7.87. The van der Waals surface area contributed by atoms with Gasteiger partial charge in [-0.05, 0) is 45.7 Å². The average Bonchev–Trinajstić information content (AvgIpc) is 3.41. The molecule has 3 aromatic heterocycles. The second-order valence-corrected chi connectivity index (χ2v) is 7.78. The van der Waals surface area contributed by atoms with Crippen LogP contribution in [0.4, 0.5) is 0 Å². The molecule has 0 amide bonds. The van der Waals surface area contributed by atoms with E-state index in [9.17, 15) is 4.79 Å². The van der Waals surface area contributed by atoms with E-state index in [1.165, 1.54) is 0 Å². The summed E-state index contributed by atoms with van der Waals surface area (Å²) < 4.78 is 11.1. The molecule has 0 spiro atoms. The molecule has 144 valence electrons. The minimum absolute atomic E-state index is 0.0160. The molecule has 1 unspecified atom stereocenters. The first-order valence-electron chi connectivity index (χ1n) is 9.57. The van der Waals surface area contributed by atoms with Crippen molar-refractivity contribution in [1.82, 2.24) is 28.9 Å². The minimum Gasteiger partial charge on any atom is -0.369 e. The number of aromatic nitrogens is 6. The number of ether oxygens (including phenoxy) is 1. The van der Waals surface area contributed by atoms with E-state index >= 15 is 0 Å². The highest BCUT2D eigenvalue weighted by molar-refractivity contribution is 5.81. The van der Waals surface area contributed by atoms with Gasteiger partial charge in [0, 0.05) is 12.6 Å². The van der Waals surface area contributed by atoms with Crippen LogP contribution in [-0.2, 0) is 10.3 Å². The maximum atomic E-state index is 13.4. The molecule has 5 rings (SSSR count). The van der Waals surface area contributed by atoms with Crippen molar-refractivity contribution in [2.24, 2.45) is 0 Å². The van der Waals surface area contributed by atoms with Crippen LogP contribution in [-0.4, -0.2) is 35.6 Å². The quantitative estimate of drug-likeness (QED) is 0.548. The zero-order valence-electron chi connectivity index (χ0n) is 16.2. The van der Waals surface area contributed by atoms with Crippen molar-refractivity contribution < 1.29 is 4.74 Å². The molecule has 0 saturated carbocycles. The van der Waals surface area contributed by atoms with E-state index in [4.69, 9.17) is 4.74 Å². The smallest absolute Gasteiger partial charge is 0.279 e. The van der Waals surface area contributed by atoms with E-state index in [0.29, 0.717) is 11.3 Å². The summed E-state index contributed by atoms with van der Waals surface area (Å²) in [7, 11) is 0. The maximum Gasteiger partial charge on any atom is 0.279 e. The molecule has 28 heavy (non-hydrogen) atoms. The number of fused-ring (bicyclic) bond motifs is 3. The van der Waals surface area contributed by atoms with Gasteiger partial charge in [0.15, 0.2) is 11.3 Å². The number of nitrogens with zero attached hydrogens (tertiary/aromatic N) is 6. The molecule has 4 aromatic rings. The standard InChI is InChI=1S/C20H22N6O2/c1-13(2)26-15-8-5-4-7-14(15)24-12-21-18(17(24)19(26)27)25-11-16(22-23-25)20(3)9-6-10-28-20/h4-5,7-8,11-13H,6,9-10H2,1-3H3. The fraction of sp³-hybridized carbons (Fsp3) is 0.400. The zero-order valence-corrected chi connectivity index (χ0v) is 16.2. The van der Waals surface area contributed by atoms with E-state index < -0.39 is 5.60 Å². The van der Waals surface area contributed by atoms with Crippen molar-refractivity contribution in [3.63, 3.8) is 0 Å². The Hall–Kier alpha value is -3.00. The van der Waals surface area contributed by atoms with Gasteiger partial charge in [0.2, 0.25) is 0 Å². The van der Waals surface area contributed by atoms with Gasteiger partial charge in [0.05, 0.1) is 17.2 Å². The van der Waals surface area contributed by atoms with Crippen LogP contribution >= 0.6 is 0 Å². The highest BCUT2D eigenvalue weighted by Gasteiger charge is 2.35. The van der Waals surface area contributed by atoms with Crippen LogP contribution in [0.1, 0.15) is 45.3 Å². The van der Waals surface area contributed by atoms with Gasteiger partial charge in [-0.2, -0.15) is 4.68 Å². The number of hydrogen-bond donors (Lipinski definition) is 0. The van der Waals surface area contributed by atoms with Crippen molar-refractivity contribution in [2.75, 3.05) is 6.61 Å². The Morgan fingerprint density at radius 2 is 2.00 bits per heavy atom. The van der Waals surface area contributed by atoms with Crippen LogP contribution in [0.5, 0.6) is 0 Å². The van der Waals surface area contributed by atoms with E-state index in [0.717, 1.165) is 36.2 Å². The Kier molecular flexibility index (Phi) is 3.67. The molecule has 0 aliphatic carbocycles. The Bertz CT molecular complexity index is 1240. The highest BCUT2D eigenvalue weighted by Crippen LogP contribution is 2.34. The van der Waals surface area contributed by atoms with Crippen molar-refractivity contribution >= 4 is 16.6 Å². The molecule has 0 bridgehead atoms. The molecule has 1 aliphatic heterocycles. The topological polar surface area (TPSA) is 79.2 Å². The molecule has 4 heterocycles. The third-order valence-corrected chi connectivity index (χ3v) is 5.56. The van der Waals surface area contributed by atoms with Crippen LogP contribution in [0.15, 0.2) is 41.6 Å². The van der Waals surface area contributed by atoms with Gasteiger partial charge in [0.1, 0.15) is 17.6 Å². The molecular formula is C20H22N6O2. The molecular weight excluding hydrogens is 356 g/mol. The molecule has 0 N–H and O–H groups in total. The summed E-state index contributed by atoms with van der Waals surface area (Å²) >= 11 is 0. The van der Waals surface area contributed by atoms with Crippen molar-refractivity contribution in [2.45, 2.75) is 45.3 Å². The summed E-state index contributed by atoms with van der Waals surface area (Å²) in [4.78, 5) is 17.9. The van der Waals surface area contributed by atoms with E-state index in [1.54, 1.807) is 15.6 Å². The van der Waals surface area contributed by atoms with Gasteiger partial charge in [-0.3, -0.25) is 9.20 Å². The Morgan fingerprint density at radius 3 is 2.71 bits per heavy atom. The van der Waals surface area contributed by atoms with Gasteiger partial charge < -0.3 is 9.30 Å². The predicted molar refractivity (Wildman–Crippen MR) is 105 cm³/mol. The molecule has 1 saturated heterocycles. The van der Waals surface area contributed by atoms with E-state index in [2.05, 4.69) is 15.3 Å². The van der Waals surface area contributed by atoms with E-state index in [-0.39, 0.29) is 11.6 Å². The fourth-order valence-electron chi connectivity index (χ4n) is 4.09. The number of rotatable bonds is 3. The highest BCUT2D eigenvalue weighted by atomic mass is 16.5. The summed E-state index contributed by atoms with van der Waals surface area (Å²) in [5.74, 6) is 0.477. The molecule has 1 aromatic carbocycles. The number of imidazole rings is 1. The molecule has 8 nitrogen and oxygen atoms in total. The molecule has 1 fully saturated rings. The van der Waals surface area contributed by atoms with Gasteiger partial charge in [-0.1, -0.05) is 17.3 Å². The summed E-state index contributed by atoms with van der Waals surface area (Å²) in [6.07, 6.45) is 5.40. The average molecular weight is 378 g/mol. The first-order valence-corrected chi connectivity index (χ1v) is 9.57. The molecule has 0 radical (unpaired) electrons. The predicted octanol–water partition coefficient (Wildman–Crippen LogP) is 2.84. The lowest BCUT2D eigenvalue weighted by Crippen LogP contribution is -2.25. The molecule has 8 heteroatoms. The van der Waals surface area contributed by atoms with E-state index in [1.807, 2.05) is 55.6 Å². The van der Waals surface area contributed by atoms with Crippen LogP contribution in [0.2, 0.25) is 0 Å². The fourth-order valence-corrected chi connectivity index (χ4v) is 4.09. The van der Waals surface area contributed by atoms with Crippen LogP contribution in [0, 0.1) is 0 Å².